The molecule has 2 aromatic rings. The summed E-state index contributed by atoms with van der Waals surface area (Å²) in [5.74, 6) is -0.608. The number of hydrogen-bond acceptors (Lipinski definition) is 4. The fourth-order valence-corrected chi connectivity index (χ4v) is 2.44. The Kier molecular flexibility index (Phi) is 4.66. The maximum absolute atomic E-state index is 11.9. The van der Waals surface area contributed by atoms with E-state index in [1.54, 1.807) is 24.3 Å². The van der Waals surface area contributed by atoms with Gasteiger partial charge < -0.3 is 9.73 Å². The molecule has 1 aromatic heterocycles. The Morgan fingerprint density at radius 3 is 2.62 bits per heavy atom. The molecule has 0 saturated carbocycles. The predicted molar refractivity (Wildman–Crippen MR) is 77.6 cm³/mol. The number of benzene rings is 1. The summed E-state index contributed by atoms with van der Waals surface area (Å²) < 4.78 is 30.1. The molecule has 1 amide bonds. The number of halogens is 1. The highest BCUT2D eigenvalue weighted by Crippen LogP contribution is 2.16. The van der Waals surface area contributed by atoms with Crippen molar-refractivity contribution in [3.05, 3.63) is 52.7 Å². The third kappa shape index (κ3) is 3.63. The van der Waals surface area contributed by atoms with Gasteiger partial charge in [0.2, 0.25) is 5.09 Å². The number of sulfonamides is 1. The third-order valence-corrected chi connectivity index (χ3v) is 4.39. The van der Waals surface area contributed by atoms with Crippen LogP contribution in [-0.4, -0.2) is 21.4 Å². The van der Waals surface area contributed by atoms with E-state index in [1.165, 1.54) is 19.2 Å². The topological polar surface area (TPSA) is 88.4 Å². The van der Waals surface area contributed by atoms with Crippen LogP contribution in [0.5, 0.6) is 0 Å². The lowest BCUT2D eigenvalue weighted by molar-refractivity contribution is 0.0918. The minimum Gasteiger partial charge on any atom is -0.438 e. The van der Waals surface area contributed by atoms with Crippen LogP contribution >= 0.6 is 11.6 Å². The monoisotopic (exact) mass is 328 g/mol. The highest BCUT2D eigenvalue weighted by Gasteiger charge is 2.19. The summed E-state index contributed by atoms with van der Waals surface area (Å²) in [6.45, 7) is 0.216. The van der Waals surface area contributed by atoms with Crippen molar-refractivity contribution in [3.63, 3.8) is 0 Å². The molecule has 0 aliphatic heterocycles. The Bertz CT molecular complexity index is 755. The largest absolute Gasteiger partial charge is 0.438 e. The van der Waals surface area contributed by atoms with Gasteiger partial charge in [-0.15, -0.1) is 0 Å². The molecular formula is C13H13ClN2O4S. The van der Waals surface area contributed by atoms with E-state index in [1.807, 2.05) is 0 Å². The lowest BCUT2D eigenvalue weighted by atomic mass is 10.2. The molecule has 21 heavy (non-hydrogen) atoms. The summed E-state index contributed by atoms with van der Waals surface area (Å²) >= 11 is 5.97. The number of rotatable bonds is 5. The summed E-state index contributed by atoms with van der Waals surface area (Å²) in [6.07, 6.45) is 0. The second kappa shape index (κ2) is 6.30. The van der Waals surface area contributed by atoms with Gasteiger partial charge in [-0.05, 0) is 30.8 Å². The summed E-state index contributed by atoms with van der Waals surface area (Å²) in [5.41, 5.74) is 0.752. The maximum Gasteiger partial charge on any atom is 0.287 e. The summed E-state index contributed by atoms with van der Waals surface area (Å²) in [5, 5.41) is 2.83. The number of carbonyl (C=O) groups is 1. The molecule has 0 saturated heterocycles. The molecule has 1 aromatic carbocycles. The molecule has 0 aliphatic rings. The van der Waals surface area contributed by atoms with Gasteiger partial charge >= 0.3 is 0 Å². The number of nitrogens with one attached hydrogen (secondary N) is 2. The van der Waals surface area contributed by atoms with E-state index in [0.717, 1.165) is 5.56 Å². The molecule has 0 radical (unpaired) electrons. The quantitative estimate of drug-likeness (QED) is 0.875. The SMILES string of the molecule is CNS(=O)(=O)c1ccc(C(=O)NCc2ccccc2Cl)o1. The van der Waals surface area contributed by atoms with Crippen molar-refractivity contribution >= 4 is 27.5 Å². The molecule has 1 heterocycles. The van der Waals surface area contributed by atoms with Crippen LogP contribution in [0, 0.1) is 0 Å². The molecule has 0 aliphatic carbocycles. The van der Waals surface area contributed by atoms with Crippen LogP contribution in [0.1, 0.15) is 16.1 Å². The Morgan fingerprint density at radius 1 is 1.24 bits per heavy atom. The predicted octanol–water partition coefficient (Wildman–Crippen LogP) is 1.77. The zero-order valence-corrected chi connectivity index (χ0v) is 12.7. The van der Waals surface area contributed by atoms with E-state index in [4.69, 9.17) is 16.0 Å². The van der Waals surface area contributed by atoms with Crippen molar-refractivity contribution < 1.29 is 17.6 Å². The second-order valence-corrected chi connectivity index (χ2v) is 6.33. The molecule has 6 nitrogen and oxygen atoms in total. The van der Waals surface area contributed by atoms with Crippen molar-refractivity contribution in [2.45, 2.75) is 11.6 Å². The Hall–Kier alpha value is -1.83. The molecule has 0 fully saturated rings. The van der Waals surface area contributed by atoms with Crippen molar-refractivity contribution in [3.8, 4) is 0 Å². The Morgan fingerprint density at radius 2 is 1.95 bits per heavy atom. The number of furan rings is 1. The molecule has 2 rings (SSSR count). The normalized spacial score (nSPS) is 11.3. The van der Waals surface area contributed by atoms with Gasteiger partial charge in [-0.3, -0.25) is 4.79 Å². The van der Waals surface area contributed by atoms with E-state index < -0.39 is 15.9 Å². The molecule has 0 unspecified atom stereocenters. The van der Waals surface area contributed by atoms with Crippen LogP contribution in [0.15, 0.2) is 45.9 Å². The minimum atomic E-state index is -3.70. The van der Waals surface area contributed by atoms with Crippen LogP contribution < -0.4 is 10.0 Å². The summed E-state index contributed by atoms with van der Waals surface area (Å²) in [4.78, 5) is 11.9. The van der Waals surface area contributed by atoms with E-state index in [-0.39, 0.29) is 17.4 Å². The highest BCUT2D eigenvalue weighted by molar-refractivity contribution is 7.89. The van der Waals surface area contributed by atoms with Gasteiger partial charge in [0.25, 0.3) is 15.9 Å². The van der Waals surface area contributed by atoms with Gasteiger partial charge in [-0.25, -0.2) is 13.1 Å². The molecule has 0 spiro atoms. The average Bonchev–Trinajstić information content (AvgIpc) is 2.97. The summed E-state index contributed by atoms with van der Waals surface area (Å²) in [7, 11) is -2.44. The molecular weight excluding hydrogens is 316 g/mol. The first-order valence-corrected chi connectivity index (χ1v) is 7.85. The first kappa shape index (κ1) is 15.6. The Labute approximate surface area is 127 Å². The van der Waals surface area contributed by atoms with Crippen LogP contribution in [0.4, 0.5) is 0 Å². The fourth-order valence-electron chi connectivity index (χ4n) is 1.59. The molecule has 0 bridgehead atoms. The van der Waals surface area contributed by atoms with Gasteiger partial charge in [-0.1, -0.05) is 29.8 Å². The molecule has 112 valence electrons. The maximum atomic E-state index is 11.9. The van der Waals surface area contributed by atoms with Crippen LogP contribution in [0.25, 0.3) is 0 Å². The third-order valence-electron chi connectivity index (χ3n) is 2.74. The minimum absolute atomic E-state index is 0.0871. The highest BCUT2D eigenvalue weighted by atomic mass is 35.5. The standard InChI is InChI=1S/C13H13ClN2O4S/c1-15-21(18,19)12-7-6-11(20-12)13(17)16-8-9-4-2-3-5-10(9)14/h2-7,15H,8H2,1H3,(H,16,17). The van der Waals surface area contributed by atoms with E-state index in [0.29, 0.717) is 5.02 Å². The zero-order valence-electron chi connectivity index (χ0n) is 11.1. The van der Waals surface area contributed by atoms with E-state index in [9.17, 15) is 13.2 Å². The van der Waals surface area contributed by atoms with E-state index in [2.05, 4.69) is 10.0 Å². The lowest BCUT2D eigenvalue weighted by Gasteiger charge is -2.05. The molecule has 8 heteroatoms. The van der Waals surface area contributed by atoms with Crippen molar-refractivity contribution in [1.82, 2.24) is 10.0 Å². The van der Waals surface area contributed by atoms with Crippen LogP contribution in [0.3, 0.4) is 0 Å². The summed E-state index contributed by atoms with van der Waals surface area (Å²) in [6, 6.07) is 9.60. The van der Waals surface area contributed by atoms with E-state index >= 15 is 0 Å². The van der Waals surface area contributed by atoms with Gasteiger partial charge in [0.05, 0.1) is 0 Å². The first-order valence-electron chi connectivity index (χ1n) is 5.99. The van der Waals surface area contributed by atoms with Crippen molar-refractivity contribution in [1.29, 1.82) is 0 Å². The lowest BCUT2D eigenvalue weighted by Crippen LogP contribution is -2.22. The van der Waals surface area contributed by atoms with Crippen LogP contribution in [-0.2, 0) is 16.6 Å². The van der Waals surface area contributed by atoms with Gasteiger partial charge in [0.15, 0.2) is 5.76 Å². The van der Waals surface area contributed by atoms with Crippen LogP contribution in [0.2, 0.25) is 5.02 Å². The number of hydrogen-bond donors (Lipinski definition) is 2. The fraction of sp³-hybridized carbons (Fsp3) is 0.154. The van der Waals surface area contributed by atoms with Crippen molar-refractivity contribution in [2.24, 2.45) is 0 Å². The average molecular weight is 329 g/mol. The first-order chi connectivity index (χ1) is 9.94. The van der Waals surface area contributed by atoms with Gasteiger partial charge in [0.1, 0.15) is 0 Å². The second-order valence-electron chi connectivity index (χ2n) is 4.10. The number of carbonyl (C=O) groups excluding carboxylic acids is 1. The van der Waals surface area contributed by atoms with Crippen molar-refractivity contribution in [2.75, 3.05) is 7.05 Å². The molecule has 0 atom stereocenters. The number of amides is 1. The smallest absolute Gasteiger partial charge is 0.287 e. The zero-order chi connectivity index (χ0) is 15.5. The Balaban J connectivity index is 2.07. The molecule has 2 N–H and O–H groups in total. The van der Waals surface area contributed by atoms with Gasteiger partial charge in [-0.2, -0.15) is 0 Å². The van der Waals surface area contributed by atoms with Gasteiger partial charge in [0, 0.05) is 11.6 Å².